The highest BCUT2D eigenvalue weighted by atomic mass is 16.5. The van der Waals surface area contributed by atoms with Crippen molar-refractivity contribution in [3.05, 3.63) is 106 Å². The molecule has 2 amide bonds. The predicted molar refractivity (Wildman–Crippen MR) is 201 cm³/mol. The van der Waals surface area contributed by atoms with Crippen molar-refractivity contribution in [3.63, 3.8) is 0 Å². The molecule has 0 bridgehead atoms. The van der Waals surface area contributed by atoms with Crippen molar-refractivity contribution in [2.75, 3.05) is 42.7 Å². The van der Waals surface area contributed by atoms with Crippen LogP contribution in [-0.4, -0.2) is 86.3 Å². The van der Waals surface area contributed by atoms with Gasteiger partial charge in [0, 0.05) is 46.0 Å². The molecule has 1 fully saturated rings. The number of rotatable bonds is 8. The van der Waals surface area contributed by atoms with Gasteiger partial charge in [0.2, 0.25) is 23.3 Å². The van der Waals surface area contributed by atoms with E-state index in [9.17, 15) is 0 Å². The van der Waals surface area contributed by atoms with Gasteiger partial charge in [-0.1, -0.05) is 36.4 Å². The molecule has 2 aromatic heterocycles. The van der Waals surface area contributed by atoms with E-state index in [2.05, 4.69) is 22.1 Å². The minimum atomic E-state index is -0.819. The van der Waals surface area contributed by atoms with Gasteiger partial charge in [-0.05, 0) is 58.7 Å². The van der Waals surface area contributed by atoms with Crippen molar-refractivity contribution in [1.82, 2.24) is 19.8 Å². The van der Waals surface area contributed by atoms with Gasteiger partial charge in [0.05, 0.1) is 54.7 Å². The molecule has 0 spiro atoms. The summed E-state index contributed by atoms with van der Waals surface area (Å²) in [6, 6.07) is 20.6. The lowest BCUT2D eigenvalue weighted by Gasteiger charge is -2.53. The van der Waals surface area contributed by atoms with Crippen LogP contribution in [0.25, 0.3) is 21.8 Å². The van der Waals surface area contributed by atoms with Crippen molar-refractivity contribution in [1.29, 1.82) is 0 Å². The van der Waals surface area contributed by atoms with Crippen LogP contribution in [0.4, 0.5) is 0 Å². The van der Waals surface area contributed by atoms with Gasteiger partial charge in [-0.25, -0.2) is 0 Å². The zero-order valence-corrected chi connectivity index (χ0v) is 30.8. The molecule has 4 aromatic carbocycles. The largest absolute Gasteiger partial charge is 0.493 e. The van der Waals surface area contributed by atoms with E-state index >= 15 is 9.59 Å². The molecular formula is C42H40N4O8. The van der Waals surface area contributed by atoms with Crippen LogP contribution in [0.3, 0.4) is 0 Å². The molecule has 3 aliphatic heterocycles. The summed E-state index contributed by atoms with van der Waals surface area (Å²) in [5.74, 6) is 2.37. The number of amides is 2. The van der Waals surface area contributed by atoms with Crippen LogP contribution >= 0.6 is 0 Å². The number of methoxy groups -OCH3 is 6. The van der Waals surface area contributed by atoms with Crippen LogP contribution in [0.2, 0.25) is 0 Å². The van der Waals surface area contributed by atoms with E-state index in [1.807, 2.05) is 60.7 Å². The number of aromatic amines is 2. The highest BCUT2D eigenvalue weighted by Gasteiger charge is 2.56. The predicted octanol–water partition coefficient (Wildman–Crippen LogP) is 6.10. The number of benzene rings is 4. The minimum absolute atomic E-state index is 0.156. The maximum absolute atomic E-state index is 15.5. The number of hydrogen-bond acceptors (Lipinski definition) is 8. The molecule has 12 nitrogen and oxygen atoms in total. The smallest absolute Gasteiger partial charge is 0.247 e. The molecule has 0 saturated carbocycles. The molecule has 276 valence electrons. The Kier molecular flexibility index (Phi) is 7.87. The van der Waals surface area contributed by atoms with Gasteiger partial charge in [-0.2, -0.15) is 0 Å². The second kappa shape index (κ2) is 12.7. The Morgan fingerprint density at radius 2 is 0.870 bits per heavy atom. The first-order chi connectivity index (χ1) is 26.3. The number of nitrogens with zero attached hydrogens (tertiary/aromatic N) is 2. The Labute approximate surface area is 311 Å². The Bertz CT molecular complexity index is 2260. The fourth-order valence-corrected chi connectivity index (χ4v) is 9.06. The summed E-state index contributed by atoms with van der Waals surface area (Å²) in [6.45, 7) is 0. The van der Waals surface area contributed by atoms with E-state index < -0.39 is 24.2 Å². The van der Waals surface area contributed by atoms with E-state index in [-0.39, 0.29) is 11.8 Å². The maximum atomic E-state index is 15.5. The standard InChI is InChI=1S/C42H40N4O8/c1-49-31-15-21(16-32(50-2)39(31)53-5)37-35-25(23-11-7-9-13-27(23)43-35)19-29-42(48)46-30(41(47)45(29)37)20-26-24-12-8-10-14-28(24)44-36(26)38(46)22-17-33(51-3)40(54-6)34(18-22)52-4/h7-18,29-30,37-38,43-44H,19-20H2,1-6H3/t29-,30-,37-,38-/m0/s1. The highest BCUT2D eigenvalue weighted by molar-refractivity contribution is 6.01. The van der Waals surface area contributed by atoms with Gasteiger partial charge in [0.1, 0.15) is 12.1 Å². The maximum Gasteiger partial charge on any atom is 0.247 e. The number of ether oxygens (including phenoxy) is 6. The van der Waals surface area contributed by atoms with E-state index in [1.165, 1.54) is 0 Å². The van der Waals surface area contributed by atoms with Gasteiger partial charge in [-0.3, -0.25) is 9.59 Å². The molecule has 4 atom stereocenters. The van der Waals surface area contributed by atoms with E-state index in [4.69, 9.17) is 28.4 Å². The fourth-order valence-electron chi connectivity index (χ4n) is 9.06. The zero-order chi connectivity index (χ0) is 37.4. The van der Waals surface area contributed by atoms with Crippen molar-refractivity contribution in [2.24, 2.45) is 0 Å². The van der Waals surface area contributed by atoms with E-state index in [1.54, 1.807) is 52.5 Å². The van der Waals surface area contributed by atoms with Gasteiger partial charge in [0.15, 0.2) is 23.0 Å². The molecular weight excluding hydrogens is 688 g/mol. The summed E-state index contributed by atoms with van der Waals surface area (Å²) >= 11 is 0. The van der Waals surface area contributed by atoms with Gasteiger partial charge >= 0.3 is 0 Å². The third-order valence-electron chi connectivity index (χ3n) is 11.3. The number of nitrogens with one attached hydrogen (secondary N) is 2. The Morgan fingerprint density at radius 3 is 1.20 bits per heavy atom. The summed E-state index contributed by atoms with van der Waals surface area (Å²) < 4.78 is 34.5. The lowest BCUT2D eigenvalue weighted by molar-refractivity contribution is -0.167. The minimum Gasteiger partial charge on any atom is -0.493 e. The summed E-state index contributed by atoms with van der Waals surface area (Å²) in [5, 5.41) is 2.01. The highest BCUT2D eigenvalue weighted by Crippen LogP contribution is 2.52. The first-order valence-electron chi connectivity index (χ1n) is 17.8. The van der Waals surface area contributed by atoms with Crippen LogP contribution in [0, 0.1) is 0 Å². The van der Waals surface area contributed by atoms with Crippen LogP contribution in [0.5, 0.6) is 34.5 Å². The number of H-pyrrole nitrogens is 2. The number of carbonyl (C=O) groups is 2. The normalized spacial score (nSPS) is 20.3. The average Bonchev–Trinajstić information content (AvgIpc) is 3.78. The molecule has 5 heterocycles. The van der Waals surface area contributed by atoms with Gasteiger partial charge in [0.25, 0.3) is 0 Å². The number of hydrogen-bond donors (Lipinski definition) is 2. The fraction of sp³-hybridized carbons (Fsp3) is 0.286. The third-order valence-corrected chi connectivity index (χ3v) is 11.3. The number of para-hydroxylation sites is 2. The molecule has 54 heavy (non-hydrogen) atoms. The second-order valence-electron chi connectivity index (χ2n) is 13.8. The quantitative estimate of drug-likeness (QED) is 0.193. The first-order valence-corrected chi connectivity index (χ1v) is 17.8. The number of fused-ring (bicyclic) bond motifs is 8. The summed E-state index contributed by atoms with van der Waals surface area (Å²) in [6.07, 6.45) is 0.658. The lowest BCUT2D eigenvalue weighted by Crippen LogP contribution is -2.69. The summed E-state index contributed by atoms with van der Waals surface area (Å²) in [4.78, 5) is 41.9. The molecule has 0 aliphatic carbocycles. The number of piperazine rings is 1. The molecule has 3 aliphatic rings. The van der Waals surface area contributed by atoms with Gasteiger partial charge in [-0.15, -0.1) is 0 Å². The molecule has 6 aromatic rings. The average molecular weight is 729 g/mol. The van der Waals surface area contributed by atoms with Crippen molar-refractivity contribution in [3.8, 4) is 34.5 Å². The molecule has 12 heteroatoms. The third kappa shape index (κ3) is 4.68. The van der Waals surface area contributed by atoms with Crippen molar-refractivity contribution in [2.45, 2.75) is 37.0 Å². The van der Waals surface area contributed by atoms with Crippen LogP contribution in [-0.2, 0) is 22.4 Å². The topological polar surface area (TPSA) is 128 Å². The molecule has 9 rings (SSSR count). The Hall–Kier alpha value is -6.30. The molecule has 2 N–H and O–H groups in total. The monoisotopic (exact) mass is 728 g/mol. The molecule has 0 unspecified atom stereocenters. The van der Waals surface area contributed by atoms with Crippen LogP contribution in [0.15, 0.2) is 72.8 Å². The summed E-state index contributed by atoms with van der Waals surface area (Å²) in [5.41, 5.74) is 6.96. The van der Waals surface area contributed by atoms with Gasteiger partial charge < -0.3 is 48.2 Å². The Morgan fingerprint density at radius 1 is 0.519 bits per heavy atom. The lowest BCUT2D eigenvalue weighted by atomic mass is 9.80. The van der Waals surface area contributed by atoms with Crippen LogP contribution < -0.4 is 28.4 Å². The van der Waals surface area contributed by atoms with E-state index in [0.29, 0.717) is 47.3 Å². The van der Waals surface area contributed by atoms with Crippen molar-refractivity contribution >= 4 is 33.6 Å². The van der Waals surface area contributed by atoms with Crippen LogP contribution in [0.1, 0.15) is 45.7 Å². The first kappa shape index (κ1) is 33.5. The SMILES string of the molecule is COc1cc([C@H]2c3[nH]c4ccccc4c3C[C@H]3C(=O)N4[C@@H](c5cc(OC)c(OC)c(OC)c5)c5[nH]c6ccccc6c5C[C@H]4C(=O)N23)cc(OC)c1OC. The Balaban J connectivity index is 1.28. The molecule has 0 radical (unpaired) electrons. The number of carbonyl (C=O) groups excluding carboxylic acids is 2. The molecule has 1 saturated heterocycles. The second-order valence-corrected chi connectivity index (χ2v) is 13.8. The van der Waals surface area contributed by atoms with E-state index in [0.717, 1.165) is 55.4 Å². The summed E-state index contributed by atoms with van der Waals surface area (Å²) in [7, 11) is 9.38. The number of aromatic nitrogens is 2. The van der Waals surface area contributed by atoms with Crippen molar-refractivity contribution < 1.29 is 38.0 Å². The zero-order valence-electron chi connectivity index (χ0n) is 30.8.